The minimum Gasteiger partial charge on any atom is -0.355 e. The average Bonchev–Trinajstić information content (AvgIpc) is 3.24. The highest BCUT2D eigenvalue weighted by molar-refractivity contribution is 6.10. The molecular formula is C34H30N2. The van der Waals surface area contributed by atoms with Crippen molar-refractivity contribution in [2.75, 3.05) is 5.32 Å². The van der Waals surface area contributed by atoms with E-state index in [1.165, 1.54) is 44.1 Å². The van der Waals surface area contributed by atoms with Crippen LogP contribution in [0.15, 0.2) is 121 Å². The maximum atomic E-state index is 3.75. The van der Waals surface area contributed by atoms with Crippen LogP contribution in [0.4, 0.5) is 11.4 Å². The number of nitrogens with zero attached hydrogens (tertiary/aromatic N) is 1. The number of hydrogen-bond donors (Lipinski definition) is 1. The Morgan fingerprint density at radius 1 is 0.500 bits per heavy atom. The largest absolute Gasteiger partial charge is 0.355 e. The summed E-state index contributed by atoms with van der Waals surface area (Å²) < 4.78 is 2.46. The van der Waals surface area contributed by atoms with Gasteiger partial charge in [0, 0.05) is 49.8 Å². The lowest BCUT2D eigenvalue weighted by atomic mass is 9.99. The standard InChI is InChI=1S/C34H30N2/c1-34(2,3)36-32-20-12-9-17-28(32)29-23-25(21-22-33(29)36)27-16-8-11-19-31(27)35-30-18-10-7-15-26(30)24-13-5-4-6-14-24/h4-23,35H,1-3H3. The molecule has 6 aromatic rings. The summed E-state index contributed by atoms with van der Waals surface area (Å²) in [6.45, 7) is 6.82. The molecule has 0 aliphatic carbocycles. The van der Waals surface area contributed by atoms with Crippen LogP contribution >= 0.6 is 0 Å². The summed E-state index contributed by atoms with van der Waals surface area (Å²) >= 11 is 0. The van der Waals surface area contributed by atoms with Crippen LogP contribution in [-0.4, -0.2) is 4.57 Å². The molecule has 0 saturated carbocycles. The number of hydrogen-bond acceptors (Lipinski definition) is 1. The van der Waals surface area contributed by atoms with Gasteiger partial charge in [-0.05, 0) is 62.2 Å². The third-order valence-corrected chi connectivity index (χ3v) is 6.86. The second-order valence-corrected chi connectivity index (χ2v) is 10.3. The molecule has 0 aliphatic heterocycles. The quantitative estimate of drug-likeness (QED) is 0.274. The van der Waals surface area contributed by atoms with E-state index in [1.54, 1.807) is 0 Å². The van der Waals surface area contributed by atoms with Crippen molar-refractivity contribution in [2.24, 2.45) is 0 Å². The molecule has 0 fully saturated rings. The number of rotatable bonds is 4. The number of para-hydroxylation sites is 3. The van der Waals surface area contributed by atoms with E-state index in [0.29, 0.717) is 0 Å². The zero-order valence-electron chi connectivity index (χ0n) is 21.0. The highest BCUT2D eigenvalue weighted by Crippen LogP contribution is 2.39. The summed E-state index contributed by atoms with van der Waals surface area (Å²) in [7, 11) is 0. The summed E-state index contributed by atoms with van der Waals surface area (Å²) in [5.74, 6) is 0. The molecule has 0 radical (unpaired) electrons. The summed E-state index contributed by atoms with van der Waals surface area (Å²) in [6, 6.07) is 43.3. The van der Waals surface area contributed by atoms with Crippen molar-refractivity contribution in [3.8, 4) is 22.3 Å². The fourth-order valence-corrected chi connectivity index (χ4v) is 5.31. The van der Waals surface area contributed by atoms with Crippen LogP contribution in [0.1, 0.15) is 20.8 Å². The summed E-state index contributed by atoms with van der Waals surface area (Å²) in [5, 5.41) is 6.33. The van der Waals surface area contributed by atoms with Crippen LogP contribution in [0.25, 0.3) is 44.1 Å². The van der Waals surface area contributed by atoms with E-state index < -0.39 is 0 Å². The SMILES string of the molecule is CC(C)(C)n1c2ccccc2c2cc(-c3ccccc3Nc3ccccc3-c3ccccc3)ccc21. The van der Waals surface area contributed by atoms with Crippen LogP contribution in [0, 0.1) is 0 Å². The third-order valence-electron chi connectivity index (χ3n) is 6.86. The van der Waals surface area contributed by atoms with E-state index in [2.05, 4.69) is 152 Å². The van der Waals surface area contributed by atoms with Gasteiger partial charge in [-0.1, -0.05) is 91.0 Å². The molecule has 2 heteroatoms. The van der Waals surface area contributed by atoms with Crippen LogP contribution in [0.3, 0.4) is 0 Å². The molecule has 0 bridgehead atoms. The second kappa shape index (κ2) is 8.73. The Kier molecular flexibility index (Phi) is 5.38. The van der Waals surface area contributed by atoms with Gasteiger partial charge in [-0.3, -0.25) is 0 Å². The average molecular weight is 467 g/mol. The minimum atomic E-state index is -0.0104. The first-order valence-electron chi connectivity index (χ1n) is 12.6. The maximum Gasteiger partial charge on any atom is 0.0496 e. The number of aromatic nitrogens is 1. The van der Waals surface area contributed by atoms with Crippen LogP contribution in [0.2, 0.25) is 0 Å². The Balaban J connectivity index is 1.48. The minimum absolute atomic E-state index is 0.0104. The highest BCUT2D eigenvalue weighted by Gasteiger charge is 2.21. The first-order valence-corrected chi connectivity index (χ1v) is 12.6. The zero-order valence-corrected chi connectivity index (χ0v) is 21.0. The van der Waals surface area contributed by atoms with Gasteiger partial charge in [-0.2, -0.15) is 0 Å². The molecular weight excluding hydrogens is 436 g/mol. The maximum absolute atomic E-state index is 3.75. The molecule has 0 saturated heterocycles. The molecule has 36 heavy (non-hydrogen) atoms. The Morgan fingerprint density at radius 3 is 1.75 bits per heavy atom. The van der Waals surface area contributed by atoms with E-state index in [-0.39, 0.29) is 5.54 Å². The molecule has 1 heterocycles. The summed E-state index contributed by atoms with van der Waals surface area (Å²) in [6.07, 6.45) is 0. The van der Waals surface area contributed by atoms with E-state index in [0.717, 1.165) is 11.4 Å². The van der Waals surface area contributed by atoms with Crippen LogP contribution in [0.5, 0.6) is 0 Å². The normalized spacial score (nSPS) is 11.8. The third kappa shape index (κ3) is 3.85. The molecule has 176 valence electrons. The van der Waals surface area contributed by atoms with Crippen molar-refractivity contribution in [1.29, 1.82) is 0 Å². The lowest BCUT2D eigenvalue weighted by Gasteiger charge is -2.24. The molecule has 0 aliphatic rings. The molecule has 0 atom stereocenters. The van der Waals surface area contributed by atoms with E-state index >= 15 is 0 Å². The number of anilines is 2. The number of fused-ring (bicyclic) bond motifs is 3. The van der Waals surface area contributed by atoms with Crippen molar-refractivity contribution in [3.05, 3.63) is 121 Å². The van der Waals surface area contributed by atoms with E-state index in [1.807, 2.05) is 0 Å². The van der Waals surface area contributed by atoms with Gasteiger partial charge >= 0.3 is 0 Å². The smallest absolute Gasteiger partial charge is 0.0496 e. The van der Waals surface area contributed by atoms with Gasteiger partial charge in [0.1, 0.15) is 0 Å². The van der Waals surface area contributed by atoms with E-state index in [9.17, 15) is 0 Å². The van der Waals surface area contributed by atoms with Crippen molar-refractivity contribution in [1.82, 2.24) is 4.57 Å². The molecule has 1 aromatic heterocycles. The van der Waals surface area contributed by atoms with Crippen LogP contribution in [-0.2, 0) is 5.54 Å². The van der Waals surface area contributed by atoms with Crippen molar-refractivity contribution >= 4 is 33.2 Å². The van der Waals surface area contributed by atoms with Gasteiger partial charge in [0.25, 0.3) is 0 Å². The monoisotopic (exact) mass is 466 g/mol. The summed E-state index contributed by atoms with van der Waals surface area (Å²) in [4.78, 5) is 0. The fraction of sp³-hybridized carbons (Fsp3) is 0.118. The van der Waals surface area contributed by atoms with Gasteiger partial charge in [0.15, 0.2) is 0 Å². The first-order chi connectivity index (χ1) is 17.5. The Hall–Kier alpha value is -4.30. The molecule has 6 rings (SSSR count). The molecule has 0 spiro atoms. The topological polar surface area (TPSA) is 17.0 Å². The van der Waals surface area contributed by atoms with Gasteiger partial charge in [-0.15, -0.1) is 0 Å². The fourth-order valence-electron chi connectivity index (χ4n) is 5.31. The second-order valence-electron chi connectivity index (χ2n) is 10.3. The Labute approximate surface area is 212 Å². The van der Waals surface area contributed by atoms with Gasteiger partial charge in [-0.25, -0.2) is 0 Å². The lowest BCUT2D eigenvalue weighted by molar-refractivity contribution is 0.423. The van der Waals surface area contributed by atoms with Crippen molar-refractivity contribution in [2.45, 2.75) is 26.3 Å². The number of benzene rings is 5. The van der Waals surface area contributed by atoms with Gasteiger partial charge < -0.3 is 9.88 Å². The zero-order chi connectivity index (χ0) is 24.7. The predicted octanol–water partition coefficient (Wildman–Crippen LogP) is 9.63. The Morgan fingerprint density at radius 2 is 1.06 bits per heavy atom. The molecule has 0 amide bonds. The number of nitrogens with one attached hydrogen (secondary N) is 1. The van der Waals surface area contributed by atoms with Gasteiger partial charge in [0.05, 0.1) is 0 Å². The first kappa shape index (κ1) is 22.2. The van der Waals surface area contributed by atoms with Crippen molar-refractivity contribution < 1.29 is 0 Å². The van der Waals surface area contributed by atoms with E-state index in [4.69, 9.17) is 0 Å². The lowest BCUT2D eigenvalue weighted by Crippen LogP contribution is -2.21. The molecule has 1 N–H and O–H groups in total. The Bertz CT molecular complexity index is 1680. The summed E-state index contributed by atoms with van der Waals surface area (Å²) in [5.41, 5.74) is 9.53. The molecule has 0 unspecified atom stereocenters. The molecule has 5 aromatic carbocycles. The van der Waals surface area contributed by atoms with Crippen LogP contribution < -0.4 is 5.32 Å². The van der Waals surface area contributed by atoms with Gasteiger partial charge in [0.2, 0.25) is 0 Å². The highest BCUT2D eigenvalue weighted by atomic mass is 15.0. The van der Waals surface area contributed by atoms with Crippen molar-refractivity contribution in [3.63, 3.8) is 0 Å². The molecule has 2 nitrogen and oxygen atoms in total. The predicted molar refractivity (Wildman–Crippen MR) is 155 cm³/mol.